The number of aliphatic carboxylic acids is 1. The van der Waals surface area contributed by atoms with E-state index < -0.39 is 5.97 Å². The van der Waals surface area contributed by atoms with Gasteiger partial charge in [0, 0.05) is 6.54 Å². The van der Waals surface area contributed by atoms with Crippen molar-refractivity contribution in [3.63, 3.8) is 0 Å². The number of hydrogen-bond donors (Lipinski definition) is 2. The minimum atomic E-state index is -0.869. The van der Waals surface area contributed by atoms with Crippen molar-refractivity contribution in [2.24, 2.45) is 5.73 Å². The molecule has 0 aliphatic rings. The van der Waals surface area contributed by atoms with Crippen LogP contribution in [0.2, 0.25) is 0 Å². The summed E-state index contributed by atoms with van der Waals surface area (Å²) in [5.41, 5.74) is 6.57. The van der Waals surface area contributed by atoms with E-state index in [4.69, 9.17) is 23.1 Å². The number of nitrogens with zero attached hydrogens (tertiary/aromatic N) is 1. The molecule has 0 spiro atoms. The Kier molecular flexibility index (Phi) is 6.54. The number of hydrogen-bond acceptors (Lipinski definition) is 3. The van der Waals surface area contributed by atoms with Crippen molar-refractivity contribution >= 4 is 23.2 Å². The van der Waals surface area contributed by atoms with Gasteiger partial charge in [0.15, 0.2) is 0 Å². The molecule has 1 unspecified atom stereocenters. The van der Waals surface area contributed by atoms with Crippen molar-refractivity contribution < 1.29 is 14.3 Å². The SMILES string of the molecule is CCCN(CCC(=O)O)C(C(N)=S)c1ccc(F)cc1. The Labute approximate surface area is 123 Å². The summed E-state index contributed by atoms with van der Waals surface area (Å²) in [7, 11) is 0. The first-order chi connectivity index (χ1) is 9.45. The predicted molar refractivity (Wildman–Crippen MR) is 80.0 cm³/mol. The molecule has 0 aliphatic heterocycles. The molecule has 20 heavy (non-hydrogen) atoms. The lowest BCUT2D eigenvalue weighted by atomic mass is 10.0. The first-order valence-corrected chi connectivity index (χ1v) is 6.87. The van der Waals surface area contributed by atoms with Crippen LogP contribution >= 0.6 is 12.2 Å². The van der Waals surface area contributed by atoms with E-state index in [1.165, 1.54) is 12.1 Å². The molecule has 0 saturated carbocycles. The molecule has 0 amide bonds. The van der Waals surface area contributed by atoms with Crippen LogP contribution in [-0.2, 0) is 4.79 Å². The summed E-state index contributed by atoms with van der Waals surface area (Å²) < 4.78 is 13.0. The molecule has 3 N–H and O–H groups in total. The highest BCUT2D eigenvalue weighted by Gasteiger charge is 2.23. The molecule has 0 radical (unpaired) electrons. The number of nitrogens with two attached hydrogens (primary N) is 1. The van der Waals surface area contributed by atoms with Crippen molar-refractivity contribution in [2.45, 2.75) is 25.8 Å². The van der Waals surface area contributed by atoms with Gasteiger partial charge in [-0.25, -0.2) is 4.39 Å². The maximum Gasteiger partial charge on any atom is 0.304 e. The lowest BCUT2D eigenvalue weighted by Crippen LogP contribution is -2.38. The van der Waals surface area contributed by atoms with Crippen LogP contribution in [-0.4, -0.2) is 34.1 Å². The van der Waals surface area contributed by atoms with Gasteiger partial charge in [-0.2, -0.15) is 0 Å². The summed E-state index contributed by atoms with van der Waals surface area (Å²) >= 11 is 5.10. The highest BCUT2D eigenvalue weighted by Crippen LogP contribution is 2.22. The first-order valence-electron chi connectivity index (χ1n) is 6.46. The van der Waals surface area contributed by atoms with Gasteiger partial charge in [-0.05, 0) is 30.7 Å². The number of carboxylic acids is 1. The topological polar surface area (TPSA) is 66.6 Å². The van der Waals surface area contributed by atoms with Crippen LogP contribution in [0.15, 0.2) is 24.3 Å². The summed E-state index contributed by atoms with van der Waals surface area (Å²) in [6, 6.07) is 5.58. The van der Waals surface area contributed by atoms with E-state index >= 15 is 0 Å². The van der Waals surface area contributed by atoms with Gasteiger partial charge in [-0.15, -0.1) is 0 Å². The largest absolute Gasteiger partial charge is 0.481 e. The smallest absolute Gasteiger partial charge is 0.304 e. The fourth-order valence-electron chi connectivity index (χ4n) is 2.10. The Morgan fingerprint density at radius 3 is 2.45 bits per heavy atom. The molecule has 0 bridgehead atoms. The summed E-state index contributed by atoms with van der Waals surface area (Å²) in [4.78, 5) is 12.9. The first kappa shape index (κ1) is 16.5. The number of carbonyl (C=O) groups is 1. The average Bonchev–Trinajstić information content (AvgIpc) is 2.38. The molecule has 0 saturated heterocycles. The van der Waals surface area contributed by atoms with Crippen LogP contribution in [0.3, 0.4) is 0 Å². The summed E-state index contributed by atoms with van der Waals surface area (Å²) in [5.74, 6) is -1.20. The van der Waals surface area contributed by atoms with E-state index in [1.54, 1.807) is 12.1 Å². The third-order valence-corrected chi connectivity index (χ3v) is 3.17. The normalized spacial score (nSPS) is 12.3. The zero-order valence-corrected chi connectivity index (χ0v) is 12.2. The number of thiocarbonyl (C=S) groups is 1. The molecule has 0 fully saturated rings. The zero-order valence-electron chi connectivity index (χ0n) is 11.4. The molecule has 0 aromatic heterocycles. The second-order valence-electron chi connectivity index (χ2n) is 4.54. The molecule has 0 heterocycles. The van der Waals surface area contributed by atoms with Crippen molar-refractivity contribution in [1.82, 2.24) is 4.90 Å². The van der Waals surface area contributed by atoms with Gasteiger partial charge in [0.05, 0.1) is 17.5 Å². The van der Waals surface area contributed by atoms with Gasteiger partial charge in [0.1, 0.15) is 5.82 Å². The Morgan fingerprint density at radius 2 is 2.00 bits per heavy atom. The van der Waals surface area contributed by atoms with Gasteiger partial charge in [0.2, 0.25) is 0 Å². The van der Waals surface area contributed by atoms with Crippen LogP contribution in [0, 0.1) is 5.82 Å². The van der Waals surface area contributed by atoms with E-state index in [9.17, 15) is 9.18 Å². The molecule has 110 valence electrons. The van der Waals surface area contributed by atoms with Gasteiger partial charge in [0.25, 0.3) is 0 Å². The third-order valence-electron chi connectivity index (χ3n) is 2.94. The second kappa shape index (κ2) is 7.91. The molecule has 1 aromatic carbocycles. The van der Waals surface area contributed by atoms with Gasteiger partial charge < -0.3 is 10.8 Å². The monoisotopic (exact) mass is 298 g/mol. The van der Waals surface area contributed by atoms with Crippen molar-refractivity contribution in [3.8, 4) is 0 Å². The second-order valence-corrected chi connectivity index (χ2v) is 5.01. The van der Waals surface area contributed by atoms with Gasteiger partial charge in [-0.1, -0.05) is 31.3 Å². The highest BCUT2D eigenvalue weighted by atomic mass is 32.1. The molecule has 1 atom stereocenters. The number of halogens is 1. The molecular formula is C14H19FN2O2S. The molecule has 1 rings (SSSR count). The zero-order chi connectivity index (χ0) is 15.1. The van der Waals surface area contributed by atoms with Crippen LogP contribution < -0.4 is 5.73 Å². The lowest BCUT2D eigenvalue weighted by Gasteiger charge is -2.30. The number of carboxylic acid groups (broad SMARTS) is 1. The maximum absolute atomic E-state index is 13.0. The van der Waals surface area contributed by atoms with Gasteiger partial charge in [-0.3, -0.25) is 9.69 Å². The Bertz CT molecular complexity index is 465. The molecule has 1 aromatic rings. The predicted octanol–water partition coefficient (Wildman–Crippen LogP) is 2.34. The van der Waals surface area contributed by atoms with Crippen LogP contribution in [0.25, 0.3) is 0 Å². The minimum absolute atomic E-state index is 0.0142. The van der Waals surface area contributed by atoms with Crippen molar-refractivity contribution in [1.29, 1.82) is 0 Å². The van der Waals surface area contributed by atoms with Crippen LogP contribution in [0.5, 0.6) is 0 Å². The number of rotatable bonds is 8. The fraction of sp³-hybridized carbons (Fsp3) is 0.429. The maximum atomic E-state index is 13.0. The quantitative estimate of drug-likeness (QED) is 0.721. The Hall–Kier alpha value is -1.53. The Morgan fingerprint density at radius 1 is 1.40 bits per heavy atom. The van der Waals surface area contributed by atoms with Gasteiger partial charge >= 0.3 is 5.97 Å². The van der Waals surface area contributed by atoms with Crippen molar-refractivity contribution in [3.05, 3.63) is 35.6 Å². The molecule has 0 aliphatic carbocycles. The summed E-state index contributed by atoms with van der Waals surface area (Å²) in [6.45, 7) is 3.02. The highest BCUT2D eigenvalue weighted by molar-refractivity contribution is 7.80. The molecule has 6 heteroatoms. The third kappa shape index (κ3) is 4.86. The van der Waals surface area contributed by atoms with Crippen LogP contribution in [0.4, 0.5) is 4.39 Å². The van der Waals surface area contributed by atoms with E-state index in [2.05, 4.69) is 0 Å². The summed E-state index contributed by atoms with van der Waals surface area (Å²) in [5, 5.41) is 8.82. The fourth-order valence-corrected chi connectivity index (χ4v) is 2.38. The molecule has 4 nitrogen and oxygen atoms in total. The van der Waals surface area contributed by atoms with E-state index in [0.29, 0.717) is 13.1 Å². The van der Waals surface area contributed by atoms with E-state index in [1.807, 2.05) is 11.8 Å². The number of benzene rings is 1. The Balaban J connectivity index is 2.97. The standard InChI is InChI=1S/C14H19FN2O2S/c1-2-8-17(9-7-12(18)19)13(14(16)20)10-3-5-11(15)6-4-10/h3-6,13H,2,7-9H2,1H3,(H2,16,20)(H,18,19). The summed E-state index contributed by atoms with van der Waals surface area (Å²) in [6.07, 6.45) is 0.861. The van der Waals surface area contributed by atoms with E-state index in [-0.39, 0.29) is 23.3 Å². The average molecular weight is 298 g/mol. The minimum Gasteiger partial charge on any atom is -0.481 e. The van der Waals surface area contributed by atoms with E-state index in [0.717, 1.165) is 12.0 Å². The molecular weight excluding hydrogens is 279 g/mol. The lowest BCUT2D eigenvalue weighted by molar-refractivity contribution is -0.137. The van der Waals surface area contributed by atoms with Crippen LogP contribution in [0.1, 0.15) is 31.4 Å². The van der Waals surface area contributed by atoms with Crippen molar-refractivity contribution in [2.75, 3.05) is 13.1 Å².